The quantitative estimate of drug-likeness (QED) is 0.783. The summed E-state index contributed by atoms with van der Waals surface area (Å²) in [7, 11) is 0. The number of aryl methyl sites for hydroxylation is 2. The lowest BCUT2D eigenvalue weighted by molar-refractivity contribution is 0.411. The van der Waals surface area contributed by atoms with Gasteiger partial charge in [-0.15, -0.1) is 0 Å². The van der Waals surface area contributed by atoms with Crippen LogP contribution in [0.4, 0.5) is 6.01 Å². The standard InChI is InChI=1S/C11H15N5O/c1-8-5-12-16(6-8)10-3-4-15(7-10)11-13-9(2)14-17-11/h5-6,10H,3-4,7H2,1-2H3. The van der Waals surface area contributed by atoms with Gasteiger partial charge in [0.05, 0.1) is 12.2 Å². The highest BCUT2D eigenvalue weighted by Crippen LogP contribution is 2.25. The molecule has 2 aromatic rings. The van der Waals surface area contributed by atoms with Crippen LogP contribution in [0.1, 0.15) is 23.9 Å². The van der Waals surface area contributed by atoms with E-state index in [0.29, 0.717) is 17.9 Å². The number of anilines is 1. The summed E-state index contributed by atoms with van der Waals surface area (Å²) in [5.41, 5.74) is 1.19. The normalized spacial score (nSPS) is 20.1. The molecule has 90 valence electrons. The Morgan fingerprint density at radius 1 is 1.41 bits per heavy atom. The van der Waals surface area contributed by atoms with Gasteiger partial charge in [0.1, 0.15) is 0 Å². The number of hydrogen-bond acceptors (Lipinski definition) is 5. The first-order valence-corrected chi connectivity index (χ1v) is 5.78. The molecular formula is C11H15N5O. The van der Waals surface area contributed by atoms with Crippen molar-refractivity contribution in [3.63, 3.8) is 0 Å². The molecule has 1 unspecified atom stereocenters. The Bertz CT molecular complexity index is 471. The van der Waals surface area contributed by atoms with E-state index >= 15 is 0 Å². The van der Waals surface area contributed by atoms with Crippen molar-refractivity contribution in [2.24, 2.45) is 0 Å². The smallest absolute Gasteiger partial charge is 0.322 e. The number of rotatable bonds is 2. The van der Waals surface area contributed by atoms with Crippen molar-refractivity contribution in [3.05, 3.63) is 23.8 Å². The fourth-order valence-electron chi connectivity index (χ4n) is 2.18. The second-order valence-corrected chi connectivity index (χ2v) is 4.51. The van der Waals surface area contributed by atoms with Crippen LogP contribution in [0, 0.1) is 13.8 Å². The number of nitrogens with zero attached hydrogens (tertiary/aromatic N) is 5. The fourth-order valence-corrected chi connectivity index (χ4v) is 2.18. The monoisotopic (exact) mass is 233 g/mol. The van der Waals surface area contributed by atoms with Gasteiger partial charge in [-0.25, -0.2) is 0 Å². The third-order valence-corrected chi connectivity index (χ3v) is 3.06. The predicted octanol–water partition coefficient (Wildman–Crippen LogP) is 1.33. The van der Waals surface area contributed by atoms with Gasteiger partial charge in [0.25, 0.3) is 0 Å². The Balaban J connectivity index is 1.73. The van der Waals surface area contributed by atoms with Crippen LogP contribution in [0.3, 0.4) is 0 Å². The molecule has 6 nitrogen and oxygen atoms in total. The van der Waals surface area contributed by atoms with Crippen molar-refractivity contribution in [1.82, 2.24) is 19.9 Å². The molecule has 1 saturated heterocycles. The molecular weight excluding hydrogens is 218 g/mol. The second-order valence-electron chi connectivity index (χ2n) is 4.51. The second kappa shape index (κ2) is 3.87. The summed E-state index contributed by atoms with van der Waals surface area (Å²) in [6.45, 7) is 5.70. The van der Waals surface area contributed by atoms with E-state index in [1.165, 1.54) is 5.56 Å². The molecule has 1 aliphatic rings. The van der Waals surface area contributed by atoms with Crippen LogP contribution in [-0.4, -0.2) is 33.0 Å². The first-order valence-electron chi connectivity index (χ1n) is 5.78. The maximum Gasteiger partial charge on any atom is 0.324 e. The van der Waals surface area contributed by atoms with Crippen molar-refractivity contribution in [3.8, 4) is 0 Å². The molecule has 0 aliphatic carbocycles. The Kier molecular flexibility index (Phi) is 2.35. The van der Waals surface area contributed by atoms with Gasteiger partial charge in [-0.05, 0) is 25.8 Å². The van der Waals surface area contributed by atoms with Crippen LogP contribution < -0.4 is 4.90 Å². The minimum absolute atomic E-state index is 0.399. The van der Waals surface area contributed by atoms with Crippen LogP contribution in [-0.2, 0) is 0 Å². The van der Waals surface area contributed by atoms with E-state index in [9.17, 15) is 0 Å². The van der Waals surface area contributed by atoms with Crippen molar-refractivity contribution in [2.45, 2.75) is 26.3 Å². The van der Waals surface area contributed by atoms with Crippen molar-refractivity contribution >= 4 is 6.01 Å². The highest BCUT2D eigenvalue weighted by atomic mass is 16.5. The van der Waals surface area contributed by atoms with E-state index in [1.807, 2.05) is 17.8 Å². The summed E-state index contributed by atoms with van der Waals surface area (Å²) in [4.78, 5) is 6.36. The van der Waals surface area contributed by atoms with Crippen molar-refractivity contribution in [1.29, 1.82) is 0 Å². The summed E-state index contributed by atoms with van der Waals surface area (Å²) in [5, 5.41) is 8.17. The molecule has 0 spiro atoms. The maximum absolute atomic E-state index is 5.17. The number of aromatic nitrogens is 4. The molecule has 3 heterocycles. The Morgan fingerprint density at radius 2 is 2.29 bits per heavy atom. The van der Waals surface area contributed by atoms with E-state index in [4.69, 9.17) is 4.52 Å². The minimum Gasteiger partial charge on any atom is -0.322 e. The fraction of sp³-hybridized carbons (Fsp3) is 0.545. The first-order chi connectivity index (χ1) is 8.22. The van der Waals surface area contributed by atoms with Gasteiger partial charge in [0, 0.05) is 19.3 Å². The van der Waals surface area contributed by atoms with Crippen LogP contribution in [0.15, 0.2) is 16.9 Å². The first kappa shape index (κ1) is 10.3. The highest BCUT2D eigenvalue weighted by molar-refractivity contribution is 5.27. The summed E-state index contributed by atoms with van der Waals surface area (Å²) >= 11 is 0. The van der Waals surface area contributed by atoms with Gasteiger partial charge in [0.2, 0.25) is 0 Å². The molecule has 0 N–H and O–H groups in total. The molecule has 6 heteroatoms. The minimum atomic E-state index is 0.399. The third-order valence-electron chi connectivity index (χ3n) is 3.06. The van der Waals surface area contributed by atoms with Gasteiger partial charge in [-0.3, -0.25) is 4.68 Å². The molecule has 0 saturated carbocycles. The van der Waals surface area contributed by atoms with E-state index in [2.05, 4.69) is 33.3 Å². The number of hydrogen-bond donors (Lipinski definition) is 0. The van der Waals surface area contributed by atoms with Gasteiger partial charge in [-0.1, -0.05) is 5.16 Å². The summed E-state index contributed by atoms with van der Waals surface area (Å²) in [6, 6.07) is 1.02. The molecule has 0 bridgehead atoms. The highest BCUT2D eigenvalue weighted by Gasteiger charge is 2.27. The Morgan fingerprint density at radius 3 is 2.94 bits per heavy atom. The molecule has 17 heavy (non-hydrogen) atoms. The van der Waals surface area contributed by atoms with Crippen LogP contribution in [0.25, 0.3) is 0 Å². The Labute approximate surface area is 99.2 Å². The average Bonchev–Trinajstić information content (AvgIpc) is 2.96. The molecule has 1 atom stereocenters. The maximum atomic E-state index is 5.17. The molecule has 1 fully saturated rings. The molecule has 1 aliphatic heterocycles. The van der Waals surface area contributed by atoms with Gasteiger partial charge in [0.15, 0.2) is 5.82 Å². The third kappa shape index (κ3) is 1.90. The molecule has 0 aromatic carbocycles. The topological polar surface area (TPSA) is 60.0 Å². The zero-order valence-electron chi connectivity index (χ0n) is 10.00. The summed E-state index contributed by atoms with van der Waals surface area (Å²) in [5.74, 6) is 0.679. The van der Waals surface area contributed by atoms with Crippen molar-refractivity contribution < 1.29 is 4.52 Å². The zero-order chi connectivity index (χ0) is 11.8. The average molecular weight is 233 g/mol. The van der Waals surface area contributed by atoms with E-state index in [1.54, 1.807) is 0 Å². The molecule has 2 aromatic heterocycles. The lowest BCUT2D eigenvalue weighted by Crippen LogP contribution is -2.21. The van der Waals surface area contributed by atoms with Crippen LogP contribution in [0.2, 0.25) is 0 Å². The van der Waals surface area contributed by atoms with E-state index in [-0.39, 0.29) is 0 Å². The predicted molar refractivity (Wildman–Crippen MR) is 61.9 cm³/mol. The zero-order valence-corrected chi connectivity index (χ0v) is 10.00. The van der Waals surface area contributed by atoms with E-state index in [0.717, 1.165) is 19.5 Å². The summed E-state index contributed by atoms with van der Waals surface area (Å²) < 4.78 is 7.20. The lowest BCUT2D eigenvalue weighted by atomic mass is 10.3. The molecule has 0 amide bonds. The van der Waals surface area contributed by atoms with Gasteiger partial charge in [-0.2, -0.15) is 10.1 Å². The lowest BCUT2D eigenvalue weighted by Gasteiger charge is -2.13. The van der Waals surface area contributed by atoms with Gasteiger partial charge < -0.3 is 9.42 Å². The largest absolute Gasteiger partial charge is 0.324 e. The van der Waals surface area contributed by atoms with E-state index < -0.39 is 0 Å². The van der Waals surface area contributed by atoms with Gasteiger partial charge >= 0.3 is 6.01 Å². The van der Waals surface area contributed by atoms with Crippen molar-refractivity contribution in [2.75, 3.05) is 18.0 Å². The summed E-state index contributed by atoms with van der Waals surface area (Å²) in [6.07, 6.45) is 5.02. The molecule has 3 rings (SSSR count). The van der Waals surface area contributed by atoms with Crippen LogP contribution in [0.5, 0.6) is 0 Å². The Hall–Kier alpha value is -1.85. The van der Waals surface area contributed by atoms with Crippen LogP contribution >= 0.6 is 0 Å². The molecule has 0 radical (unpaired) electrons. The SMILES string of the molecule is Cc1cnn(C2CCN(c3nc(C)no3)C2)c1.